The first-order chi connectivity index (χ1) is 13.0. The lowest BCUT2D eigenvalue weighted by atomic mass is 9.94. The fourth-order valence-electron chi connectivity index (χ4n) is 3.24. The zero-order chi connectivity index (χ0) is 19.4. The summed E-state index contributed by atoms with van der Waals surface area (Å²) in [4.78, 5) is 30.3. The van der Waals surface area contributed by atoms with Crippen LogP contribution in [-0.4, -0.2) is 41.6 Å². The molecule has 0 unspecified atom stereocenters. The number of carbonyl (C=O) groups is 2. The molecular weight excluding hydrogens is 348 g/mol. The third-order valence-electron chi connectivity index (χ3n) is 4.86. The molecule has 0 radical (unpaired) electrons. The number of amides is 1. The summed E-state index contributed by atoms with van der Waals surface area (Å²) in [5.74, 6) is 0.280. The van der Waals surface area contributed by atoms with Crippen LogP contribution in [0, 0.1) is 6.92 Å². The van der Waals surface area contributed by atoms with Crippen LogP contribution < -0.4 is 0 Å². The highest BCUT2D eigenvalue weighted by atomic mass is 16.6. The smallest absolute Gasteiger partial charge is 0.410 e. The van der Waals surface area contributed by atoms with E-state index >= 15 is 0 Å². The molecule has 2 heterocycles. The standard InChI is InChI=1S/C20H24N2O5/c1-13-9-10-16(18-21-17(14(2)27-18)19(23)25-3)11-22(13)20(24)26-12-15-7-5-4-6-8-15/h4-8,13,16H,9-12H2,1-3H3/t13-,16-/m1/s1. The van der Waals surface area contributed by atoms with Crippen molar-refractivity contribution >= 4 is 12.1 Å². The Bertz CT molecular complexity index is 802. The predicted molar refractivity (Wildman–Crippen MR) is 97.3 cm³/mol. The third-order valence-corrected chi connectivity index (χ3v) is 4.86. The lowest BCUT2D eigenvalue weighted by Crippen LogP contribution is -2.45. The minimum atomic E-state index is -0.522. The molecule has 1 saturated heterocycles. The summed E-state index contributed by atoms with van der Waals surface area (Å²) in [6.45, 7) is 4.36. The Morgan fingerprint density at radius 2 is 2.00 bits per heavy atom. The number of aromatic nitrogens is 1. The van der Waals surface area contributed by atoms with Gasteiger partial charge in [0.2, 0.25) is 0 Å². The number of hydrogen-bond acceptors (Lipinski definition) is 6. The Balaban J connectivity index is 1.67. The van der Waals surface area contributed by atoms with Gasteiger partial charge in [0.25, 0.3) is 0 Å². The molecule has 2 atom stereocenters. The van der Waals surface area contributed by atoms with Gasteiger partial charge in [-0.15, -0.1) is 0 Å². The largest absolute Gasteiger partial charge is 0.464 e. The first-order valence-electron chi connectivity index (χ1n) is 9.02. The molecule has 1 aliphatic rings. The lowest BCUT2D eigenvalue weighted by molar-refractivity contribution is 0.0590. The summed E-state index contributed by atoms with van der Waals surface area (Å²) in [6, 6.07) is 9.64. The summed E-state index contributed by atoms with van der Waals surface area (Å²) in [6.07, 6.45) is 1.28. The SMILES string of the molecule is COC(=O)c1nc([C@@H]2CC[C@@H](C)N(C(=O)OCc3ccccc3)C2)oc1C. The number of hydrogen-bond donors (Lipinski definition) is 0. The third kappa shape index (κ3) is 4.30. The van der Waals surface area contributed by atoms with E-state index in [1.807, 2.05) is 37.3 Å². The molecular formula is C20H24N2O5. The minimum Gasteiger partial charge on any atom is -0.464 e. The van der Waals surface area contributed by atoms with Gasteiger partial charge in [0.05, 0.1) is 13.0 Å². The maximum Gasteiger partial charge on any atom is 0.410 e. The maximum absolute atomic E-state index is 12.6. The molecule has 1 aliphatic heterocycles. The molecule has 7 nitrogen and oxygen atoms in total. The highest BCUT2D eigenvalue weighted by molar-refractivity contribution is 5.88. The van der Waals surface area contributed by atoms with Gasteiger partial charge in [0.1, 0.15) is 12.4 Å². The van der Waals surface area contributed by atoms with Crippen molar-refractivity contribution in [3.05, 3.63) is 53.2 Å². The van der Waals surface area contributed by atoms with Crippen LogP contribution in [0.1, 0.15) is 53.4 Å². The molecule has 2 aromatic rings. The fraction of sp³-hybridized carbons (Fsp3) is 0.450. The monoisotopic (exact) mass is 372 g/mol. The van der Waals surface area contributed by atoms with Crippen molar-refractivity contribution in [2.75, 3.05) is 13.7 Å². The second kappa shape index (κ2) is 8.24. The summed E-state index contributed by atoms with van der Waals surface area (Å²) in [5, 5.41) is 0. The van der Waals surface area contributed by atoms with Crippen LogP contribution in [0.5, 0.6) is 0 Å². The maximum atomic E-state index is 12.6. The Labute approximate surface area is 158 Å². The van der Waals surface area contributed by atoms with Gasteiger partial charge < -0.3 is 18.8 Å². The highest BCUT2D eigenvalue weighted by Gasteiger charge is 2.34. The number of nitrogens with zero attached hydrogens (tertiary/aromatic N) is 2. The van der Waals surface area contributed by atoms with E-state index in [1.165, 1.54) is 7.11 Å². The van der Waals surface area contributed by atoms with Crippen LogP contribution in [0.25, 0.3) is 0 Å². The van der Waals surface area contributed by atoms with E-state index in [2.05, 4.69) is 4.98 Å². The molecule has 1 fully saturated rings. The molecule has 0 spiro atoms. The van der Waals surface area contributed by atoms with Gasteiger partial charge in [0.15, 0.2) is 11.6 Å². The van der Waals surface area contributed by atoms with Crippen molar-refractivity contribution in [3.8, 4) is 0 Å². The zero-order valence-corrected chi connectivity index (χ0v) is 15.8. The second-order valence-corrected chi connectivity index (χ2v) is 6.76. The number of aryl methyl sites for hydroxylation is 1. The van der Waals surface area contributed by atoms with E-state index in [0.29, 0.717) is 18.2 Å². The van der Waals surface area contributed by atoms with Crippen molar-refractivity contribution in [2.45, 2.75) is 45.3 Å². The average Bonchev–Trinajstić information content (AvgIpc) is 3.08. The topological polar surface area (TPSA) is 81.9 Å². The summed E-state index contributed by atoms with van der Waals surface area (Å²) in [7, 11) is 1.31. The van der Waals surface area contributed by atoms with Gasteiger partial charge in [-0.2, -0.15) is 0 Å². The Kier molecular flexibility index (Phi) is 5.78. The molecule has 1 amide bonds. The molecule has 3 rings (SSSR count). The second-order valence-electron chi connectivity index (χ2n) is 6.76. The van der Waals surface area contributed by atoms with Crippen LogP contribution >= 0.6 is 0 Å². The number of ether oxygens (including phenoxy) is 2. The van der Waals surface area contributed by atoms with E-state index < -0.39 is 5.97 Å². The summed E-state index contributed by atoms with van der Waals surface area (Å²) >= 11 is 0. The summed E-state index contributed by atoms with van der Waals surface area (Å²) < 4.78 is 15.9. The van der Waals surface area contributed by atoms with E-state index in [9.17, 15) is 9.59 Å². The van der Waals surface area contributed by atoms with E-state index in [-0.39, 0.29) is 30.4 Å². The van der Waals surface area contributed by atoms with E-state index in [0.717, 1.165) is 18.4 Å². The van der Waals surface area contributed by atoms with Gasteiger partial charge >= 0.3 is 12.1 Å². The van der Waals surface area contributed by atoms with Crippen molar-refractivity contribution < 1.29 is 23.5 Å². The van der Waals surface area contributed by atoms with Crippen molar-refractivity contribution in [1.29, 1.82) is 0 Å². The number of oxazole rings is 1. The molecule has 144 valence electrons. The molecule has 0 aliphatic carbocycles. The molecule has 7 heteroatoms. The number of likely N-dealkylation sites (tertiary alicyclic amines) is 1. The van der Waals surface area contributed by atoms with Crippen molar-refractivity contribution in [1.82, 2.24) is 9.88 Å². The number of benzene rings is 1. The Hall–Kier alpha value is -2.83. The molecule has 27 heavy (non-hydrogen) atoms. The number of carbonyl (C=O) groups excluding carboxylic acids is 2. The number of piperidine rings is 1. The van der Waals surface area contributed by atoms with Crippen LogP contribution in [0.4, 0.5) is 4.79 Å². The minimum absolute atomic E-state index is 0.0701. The highest BCUT2D eigenvalue weighted by Crippen LogP contribution is 2.31. The Morgan fingerprint density at radius 3 is 2.70 bits per heavy atom. The average molecular weight is 372 g/mol. The molecule has 0 N–H and O–H groups in total. The van der Waals surface area contributed by atoms with Crippen LogP contribution in [0.15, 0.2) is 34.7 Å². The van der Waals surface area contributed by atoms with Gasteiger partial charge in [-0.1, -0.05) is 30.3 Å². The van der Waals surface area contributed by atoms with Crippen molar-refractivity contribution in [2.24, 2.45) is 0 Å². The predicted octanol–water partition coefficient (Wildman–Crippen LogP) is 3.67. The lowest BCUT2D eigenvalue weighted by Gasteiger charge is -2.36. The molecule has 1 aromatic heterocycles. The van der Waals surface area contributed by atoms with E-state index in [1.54, 1.807) is 11.8 Å². The van der Waals surface area contributed by atoms with Crippen LogP contribution in [-0.2, 0) is 16.1 Å². The quantitative estimate of drug-likeness (QED) is 0.762. The Morgan fingerprint density at radius 1 is 1.26 bits per heavy atom. The molecule has 0 bridgehead atoms. The van der Waals surface area contributed by atoms with Gasteiger partial charge in [0, 0.05) is 12.6 Å². The number of rotatable bonds is 4. The van der Waals surface area contributed by atoms with Crippen LogP contribution in [0.2, 0.25) is 0 Å². The summed E-state index contributed by atoms with van der Waals surface area (Å²) in [5.41, 5.74) is 1.13. The van der Waals surface area contributed by atoms with Crippen LogP contribution in [0.3, 0.4) is 0 Å². The van der Waals surface area contributed by atoms with E-state index in [4.69, 9.17) is 13.9 Å². The first-order valence-corrected chi connectivity index (χ1v) is 9.02. The van der Waals surface area contributed by atoms with Gasteiger partial charge in [-0.25, -0.2) is 14.6 Å². The van der Waals surface area contributed by atoms with Gasteiger partial charge in [-0.05, 0) is 32.3 Å². The number of methoxy groups -OCH3 is 1. The normalized spacial score (nSPS) is 19.6. The number of esters is 1. The fourth-order valence-corrected chi connectivity index (χ4v) is 3.24. The molecule has 0 saturated carbocycles. The van der Waals surface area contributed by atoms with Gasteiger partial charge in [-0.3, -0.25) is 0 Å². The zero-order valence-electron chi connectivity index (χ0n) is 15.8. The molecule has 1 aromatic carbocycles. The van der Waals surface area contributed by atoms with Crippen molar-refractivity contribution in [3.63, 3.8) is 0 Å². The first kappa shape index (κ1) is 18.9.